The summed E-state index contributed by atoms with van der Waals surface area (Å²) in [7, 11) is 0. The van der Waals surface area contributed by atoms with Crippen molar-refractivity contribution in [1.29, 1.82) is 0 Å². The molecular formula is C16H22F2N2O. The first kappa shape index (κ1) is 15.9. The fourth-order valence-corrected chi connectivity index (χ4v) is 2.83. The average Bonchev–Trinajstić information content (AvgIpc) is 2.45. The minimum Gasteiger partial charge on any atom is -0.345 e. The van der Waals surface area contributed by atoms with Crippen LogP contribution < -0.4 is 11.1 Å². The highest BCUT2D eigenvalue weighted by atomic mass is 19.1. The fraction of sp³-hybridized carbons (Fsp3) is 0.562. The lowest BCUT2D eigenvalue weighted by molar-refractivity contribution is 0.0855. The number of halogens is 2. The minimum atomic E-state index is -0.841. The van der Waals surface area contributed by atoms with E-state index in [1.807, 2.05) is 0 Å². The normalized spacial score (nSPS) is 25.7. The summed E-state index contributed by atoms with van der Waals surface area (Å²) in [5.41, 5.74) is 5.49. The van der Waals surface area contributed by atoms with Crippen molar-refractivity contribution in [3.8, 4) is 0 Å². The molecule has 5 heteroatoms. The zero-order valence-electron chi connectivity index (χ0n) is 12.5. The molecule has 0 aliphatic heterocycles. The summed E-state index contributed by atoms with van der Waals surface area (Å²) in [5.74, 6) is -1.39. The third-order valence-electron chi connectivity index (χ3n) is 4.49. The van der Waals surface area contributed by atoms with Crippen LogP contribution >= 0.6 is 0 Å². The maximum Gasteiger partial charge on any atom is 0.254 e. The molecule has 1 amide bonds. The lowest BCUT2D eigenvalue weighted by Gasteiger charge is -2.39. The number of benzene rings is 1. The van der Waals surface area contributed by atoms with E-state index in [2.05, 4.69) is 12.2 Å². The molecule has 116 valence electrons. The number of carbonyl (C=O) groups is 1. The van der Waals surface area contributed by atoms with Crippen LogP contribution in [0.3, 0.4) is 0 Å². The van der Waals surface area contributed by atoms with Crippen molar-refractivity contribution in [3.05, 3.63) is 34.9 Å². The van der Waals surface area contributed by atoms with Gasteiger partial charge in [-0.3, -0.25) is 4.79 Å². The summed E-state index contributed by atoms with van der Waals surface area (Å²) < 4.78 is 27.1. The van der Waals surface area contributed by atoms with Crippen molar-refractivity contribution in [1.82, 2.24) is 5.32 Å². The van der Waals surface area contributed by atoms with Crippen molar-refractivity contribution >= 4 is 5.91 Å². The van der Waals surface area contributed by atoms with Gasteiger partial charge in [0.15, 0.2) is 0 Å². The fourth-order valence-electron chi connectivity index (χ4n) is 2.83. The Balaban J connectivity index is 2.19. The summed E-state index contributed by atoms with van der Waals surface area (Å²) in [4.78, 5) is 12.3. The van der Waals surface area contributed by atoms with E-state index in [1.165, 1.54) is 13.0 Å². The third-order valence-corrected chi connectivity index (χ3v) is 4.49. The molecule has 1 aromatic carbocycles. The molecular weight excluding hydrogens is 274 g/mol. The number of hydrogen-bond donors (Lipinski definition) is 2. The lowest BCUT2D eigenvalue weighted by Crippen LogP contribution is -2.55. The Morgan fingerprint density at radius 1 is 1.33 bits per heavy atom. The molecule has 21 heavy (non-hydrogen) atoms. The Labute approximate surface area is 123 Å². The standard InChI is InChI=1S/C16H22F2N2O/c1-10-3-5-16(9-19,6-4-10)20-15(21)12-7-11(2)13(17)8-14(12)18/h7-8,10H,3-6,9,19H2,1-2H3,(H,20,21). The predicted molar refractivity (Wildman–Crippen MR) is 78.0 cm³/mol. The van der Waals surface area contributed by atoms with Crippen LogP contribution in [0.5, 0.6) is 0 Å². The van der Waals surface area contributed by atoms with Crippen molar-refractivity contribution in [2.75, 3.05) is 6.54 Å². The molecule has 2 rings (SSSR count). The van der Waals surface area contributed by atoms with Crippen LogP contribution in [0.4, 0.5) is 8.78 Å². The topological polar surface area (TPSA) is 55.1 Å². The maximum atomic E-state index is 13.8. The molecule has 0 radical (unpaired) electrons. The summed E-state index contributed by atoms with van der Waals surface area (Å²) in [5, 5.41) is 2.88. The molecule has 0 unspecified atom stereocenters. The average molecular weight is 296 g/mol. The van der Waals surface area contributed by atoms with E-state index in [1.54, 1.807) is 0 Å². The molecule has 0 atom stereocenters. The van der Waals surface area contributed by atoms with Gasteiger partial charge in [-0.2, -0.15) is 0 Å². The summed E-state index contributed by atoms with van der Waals surface area (Å²) in [6, 6.07) is 2.00. The first-order valence-electron chi connectivity index (χ1n) is 7.35. The van der Waals surface area contributed by atoms with Gasteiger partial charge in [0.2, 0.25) is 0 Å². The van der Waals surface area contributed by atoms with E-state index < -0.39 is 23.1 Å². The van der Waals surface area contributed by atoms with Gasteiger partial charge >= 0.3 is 0 Å². The largest absolute Gasteiger partial charge is 0.345 e. The quantitative estimate of drug-likeness (QED) is 0.901. The highest BCUT2D eigenvalue weighted by Gasteiger charge is 2.35. The van der Waals surface area contributed by atoms with Crippen LogP contribution in [0, 0.1) is 24.5 Å². The van der Waals surface area contributed by atoms with Gasteiger partial charge in [0.25, 0.3) is 5.91 Å². The SMILES string of the molecule is Cc1cc(C(=O)NC2(CN)CCC(C)CC2)c(F)cc1F. The second-order valence-electron chi connectivity index (χ2n) is 6.20. The number of nitrogens with one attached hydrogen (secondary N) is 1. The Hall–Kier alpha value is -1.49. The van der Waals surface area contributed by atoms with Crippen LogP contribution in [0.2, 0.25) is 0 Å². The minimum absolute atomic E-state index is 0.125. The smallest absolute Gasteiger partial charge is 0.254 e. The van der Waals surface area contributed by atoms with Gasteiger partial charge in [-0.15, -0.1) is 0 Å². The molecule has 1 fully saturated rings. The molecule has 0 saturated heterocycles. The number of nitrogens with two attached hydrogens (primary N) is 1. The summed E-state index contributed by atoms with van der Waals surface area (Å²) in [6.07, 6.45) is 3.56. The van der Waals surface area contributed by atoms with Crippen LogP contribution in [0.25, 0.3) is 0 Å². The van der Waals surface area contributed by atoms with Gasteiger partial charge in [-0.1, -0.05) is 6.92 Å². The summed E-state index contributed by atoms with van der Waals surface area (Å²) >= 11 is 0. The van der Waals surface area contributed by atoms with Gasteiger partial charge in [-0.25, -0.2) is 8.78 Å². The van der Waals surface area contributed by atoms with Crippen molar-refractivity contribution < 1.29 is 13.6 Å². The first-order valence-corrected chi connectivity index (χ1v) is 7.35. The monoisotopic (exact) mass is 296 g/mol. The van der Waals surface area contributed by atoms with Crippen LogP contribution in [-0.2, 0) is 0 Å². The van der Waals surface area contributed by atoms with E-state index in [0.29, 0.717) is 12.5 Å². The molecule has 1 saturated carbocycles. The number of rotatable bonds is 3. The van der Waals surface area contributed by atoms with E-state index in [4.69, 9.17) is 5.73 Å². The zero-order chi connectivity index (χ0) is 15.6. The molecule has 0 heterocycles. The number of aryl methyl sites for hydroxylation is 1. The molecule has 0 aromatic heterocycles. The number of carbonyl (C=O) groups excluding carboxylic acids is 1. The van der Waals surface area contributed by atoms with Gasteiger partial charge in [0.1, 0.15) is 11.6 Å². The molecule has 1 aliphatic carbocycles. The number of amides is 1. The molecule has 0 spiro atoms. The van der Waals surface area contributed by atoms with Gasteiger partial charge in [0.05, 0.1) is 11.1 Å². The molecule has 1 aromatic rings. The zero-order valence-corrected chi connectivity index (χ0v) is 12.5. The van der Waals surface area contributed by atoms with E-state index in [9.17, 15) is 13.6 Å². The van der Waals surface area contributed by atoms with Crippen LogP contribution in [0.1, 0.15) is 48.5 Å². The Morgan fingerprint density at radius 3 is 2.52 bits per heavy atom. The Bertz CT molecular complexity index is 537. The first-order chi connectivity index (χ1) is 9.87. The second-order valence-corrected chi connectivity index (χ2v) is 6.20. The third kappa shape index (κ3) is 3.40. The van der Waals surface area contributed by atoms with Crippen LogP contribution in [0.15, 0.2) is 12.1 Å². The number of hydrogen-bond acceptors (Lipinski definition) is 2. The molecule has 1 aliphatic rings. The maximum absolute atomic E-state index is 13.8. The lowest BCUT2D eigenvalue weighted by atomic mass is 9.77. The van der Waals surface area contributed by atoms with Gasteiger partial charge in [0, 0.05) is 12.6 Å². The highest BCUT2D eigenvalue weighted by molar-refractivity contribution is 5.95. The Kier molecular flexibility index (Phi) is 4.61. The molecule has 3 N–H and O–H groups in total. The second kappa shape index (κ2) is 6.10. The van der Waals surface area contributed by atoms with Gasteiger partial charge in [-0.05, 0) is 50.2 Å². The van der Waals surface area contributed by atoms with E-state index in [-0.39, 0.29) is 11.1 Å². The van der Waals surface area contributed by atoms with Crippen molar-refractivity contribution in [2.24, 2.45) is 11.7 Å². The predicted octanol–water partition coefficient (Wildman–Crippen LogP) is 2.91. The molecule has 0 bridgehead atoms. The van der Waals surface area contributed by atoms with E-state index >= 15 is 0 Å². The van der Waals surface area contributed by atoms with E-state index in [0.717, 1.165) is 31.7 Å². The highest BCUT2D eigenvalue weighted by Crippen LogP contribution is 2.31. The van der Waals surface area contributed by atoms with Gasteiger partial charge < -0.3 is 11.1 Å². The van der Waals surface area contributed by atoms with Crippen molar-refractivity contribution in [2.45, 2.75) is 45.1 Å². The Morgan fingerprint density at radius 2 is 1.95 bits per heavy atom. The summed E-state index contributed by atoms with van der Waals surface area (Å²) in [6.45, 7) is 4.01. The van der Waals surface area contributed by atoms with Crippen molar-refractivity contribution in [3.63, 3.8) is 0 Å². The van der Waals surface area contributed by atoms with Crippen LogP contribution in [-0.4, -0.2) is 18.0 Å². The molecule has 3 nitrogen and oxygen atoms in total.